The molecule has 0 bridgehead atoms. The van der Waals surface area contributed by atoms with E-state index in [4.69, 9.17) is 15.2 Å². The molecule has 2 N–H and O–H groups in total. The summed E-state index contributed by atoms with van der Waals surface area (Å²) in [5.74, 6) is 0.913. The van der Waals surface area contributed by atoms with Gasteiger partial charge in [0.1, 0.15) is 5.75 Å². The Hall–Kier alpha value is -1.06. The van der Waals surface area contributed by atoms with Crippen molar-refractivity contribution in [3.63, 3.8) is 0 Å². The highest BCUT2D eigenvalue weighted by Gasteiger charge is 2.54. The number of nitrogens with two attached hydrogens (primary N) is 1. The third-order valence-corrected chi connectivity index (χ3v) is 5.07. The summed E-state index contributed by atoms with van der Waals surface area (Å²) in [5.41, 5.74) is 8.15. The summed E-state index contributed by atoms with van der Waals surface area (Å²) in [6.45, 7) is 2.58. The van der Waals surface area contributed by atoms with Gasteiger partial charge in [-0.3, -0.25) is 0 Å². The largest absolute Gasteiger partial charge is 0.497 e. The van der Waals surface area contributed by atoms with Crippen LogP contribution in [0.2, 0.25) is 0 Å². The molecule has 1 saturated carbocycles. The van der Waals surface area contributed by atoms with Crippen molar-refractivity contribution < 1.29 is 9.47 Å². The molecule has 3 heteroatoms. The topological polar surface area (TPSA) is 44.5 Å². The van der Waals surface area contributed by atoms with Crippen LogP contribution in [0, 0.1) is 5.41 Å². The van der Waals surface area contributed by atoms with Gasteiger partial charge >= 0.3 is 0 Å². The van der Waals surface area contributed by atoms with Gasteiger partial charge in [-0.15, -0.1) is 0 Å². The summed E-state index contributed by atoms with van der Waals surface area (Å²) in [4.78, 5) is 0. The summed E-state index contributed by atoms with van der Waals surface area (Å²) < 4.78 is 10.7. The van der Waals surface area contributed by atoms with Gasteiger partial charge in [0.15, 0.2) is 0 Å². The van der Waals surface area contributed by atoms with Crippen LogP contribution >= 0.6 is 0 Å². The van der Waals surface area contributed by atoms with Crippen LogP contribution in [0.15, 0.2) is 24.3 Å². The van der Waals surface area contributed by atoms with Crippen molar-refractivity contribution in [3.8, 4) is 5.75 Å². The normalized spacial score (nSPS) is 23.9. The van der Waals surface area contributed by atoms with Gasteiger partial charge in [0.2, 0.25) is 0 Å². The standard InChI is InChI=1S/C16H23NO2/c1-18-14-4-2-13(3-5-14)16(12-17)10-15(11-16)6-8-19-9-7-15/h2-5H,6-12,17H2,1H3. The Morgan fingerprint density at radius 3 is 2.32 bits per heavy atom. The summed E-state index contributed by atoms with van der Waals surface area (Å²) in [6, 6.07) is 8.44. The second kappa shape index (κ2) is 4.80. The zero-order chi connectivity index (χ0) is 13.3. The van der Waals surface area contributed by atoms with Gasteiger partial charge in [-0.05, 0) is 48.8 Å². The van der Waals surface area contributed by atoms with Crippen molar-refractivity contribution in [2.75, 3.05) is 26.9 Å². The van der Waals surface area contributed by atoms with Gasteiger partial charge in [0.25, 0.3) is 0 Å². The molecule has 0 aromatic heterocycles. The van der Waals surface area contributed by atoms with Gasteiger partial charge in [0, 0.05) is 25.2 Å². The van der Waals surface area contributed by atoms with Crippen LogP contribution in [0.5, 0.6) is 5.75 Å². The number of hydrogen-bond donors (Lipinski definition) is 1. The minimum Gasteiger partial charge on any atom is -0.497 e. The molecule has 1 spiro atoms. The Morgan fingerprint density at radius 1 is 1.16 bits per heavy atom. The van der Waals surface area contributed by atoms with Crippen molar-refractivity contribution in [2.24, 2.45) is 11.1 Å². The predicted molar refractivity (Wildman–Crippen MR) is 75.4 cm³/mol. The van der Waals surface area contributed by atoms with E-state index in [0.29, 0.717) is 5.41 Å². The fourth-order valence-electron chi connectivity index (χ4n) is 3.95. The van der Waals surface area contributed by atoms with Crippen LogP contribution in [0.25, 0.3) is 0 Å². The molecule has 1 aliphatic carbocycles. The van der Waals surface area contributed by atoms with Crippen LogP contribution in [0.1, 0.15) is 31.2 Å². The molecule has 0 unspecified atom stereocenters. The number of rotatable bonds is 3. The Kier molecular flexibility index (Phi) is 3.27. The number of hydrogen-bond acceptors (Lipinski definition) is 3. The lowest BCUT2D eigenvalue weighted by atomic mass is 9.48. The molecule has 2 aliphatic rings. The van der Waals surface area contributed by atoms with E-state index < -0.39 is 0 Å². The van der Waals surface area contributed by atoms with Gasteiger partial charge in [-0.2, -0.15) is 0 Å². The third kappa shape index (κ3) is 2.15. The Balaban J connectivity index is 1.77. The Labute approximate surface area is 115 Å². The average molecular weight is 261 g/mol. The molecule has 3 nitrogen and oxygen atoms in total. The van der Waals surface area contributed by atoms with Crippen molar-refractivity contribution in [1.82, 2.24) is 0 Å². The summed E-state index contributed by atoms with van der Waals surface area (Å²) in [5, 5.41) is 0. The average Bonchev–Trinajstić information content (AvgIpc) is 2.45. The maximum atomic E-state index is 6.10. The molecule has 0 amide bonds. The fourth-order valence-corrected chi connectivity index (χ4v) is 3.95. The number of benzene rings is 1. The smallest absolute Gasteiger partial charge is 0.118 e. The maximum Gasteiger partial charge on any atom is 0.118 e. The summed E-state index contributed by atoms with van der Waals surface area (Å²) in [6.07, 6.45) is 4.83. The van der Waals surface area contributed by atoms with Crippen LogP contribution < -0.4 is 10.5 Å². The number of methoxy groups -OCH3 is 1. The molecule has 1 aliphatic heterocycles. The van der Waals surface area contributed by atoms with E-state index >= 15 is 0 Å². The highest BCUT2D eigenvalue weighted by Crippen LogP contribution is 2.59. The molecule has 2 fully saturated rings. The van der Waals surface area contributed by atoms with Gasteiger partial charge in [-0.1, -0.05) is 12.1 Å². The lowest BCUT2D eigenvalue weighted by molar-refractivity contribution is -0.0714. The molecule has 3 rings (SSSR count). The van der Waals surface area contributed by atoms with E-state index in [-0.39, 0.29) is 5.41 Å². The van der Waals surface area contributed by atoms with Gasteiger partial charge in [0.05, 0.1) is 7.11 Å². The van der Waals surface area contributed by atoms with E-state index in [1.54, 1.807) is 7.11 Å². The lowest BCUT2D eigenvalue weighted by Gasteiger charge is -2.58. The Bertz CT molecular complexity index is 427. The summed E-state index contributed by atoms with van der Waals surface area (Å²) >= 11 is 0. The first-order chi connectivity index (χ1) is 9.22. The zero-order valence-corrected chi connectivity index (χ0v) is 11.7. The van der Waals surface area contributed by atoms with Gasteiger partial charge in [-0.25, -0.2) is 0 Å². The maximum absolute atomic E-state index is 6.10. The molecule has 0 radical (unpaired) electrons. The molecule has 1 aromatic carbocycles. The molecule has 104 valence electrons. The second-order valence-corrected chi connectivity index (χ2v) is 6.18. The zero-order valence-electron chi connectivity index (χ0n) is 11.7. The van der Waals surface area contributed by atoms with Crippen LogP contribution in [-0.4, -0.2) is 26.9 Å². The van der Waals surface area contributed by atoms with E-state index in [9.17, 15) is 0 Å². The molecule has 0 atom stereocenters. The third-order valence-electron chi connectivity index (χ3n) is 5.07. The highest BCUT2D eigenvalue weighted by molar-refractivity contribution is 5.36. The second-order valence-electron chi connectivity index (χ2n) is 6.18. The van der Waals surface area contributed by atoms with E-state index in [1.807, 2.05) is 12.1 Å². The predicted octanol–water partition coefficient (Wildman–Crippen LogP) is 2.48. The van der Waals surface area contributed by atoms with Crippen molar-refractivity contribution in [3.05, 3.63) is 29.8 Å². The molecule has 1 saturated heterocycles. The molecular formula is C16H23NO2. The minimum absolute atomic E-state index is 0.184. The van der Waals surface area contributed by atoms with Crippen LogP contribution in [0.4, 0.5) is 0 Å². The van der Waals surface area contributed by atoms with E-state index in [0.717, 1.165) is 25.5 Å². The van der Waals surface area contributed by atoms with Crippen molar-refractivity contribution in [1.29, 1.82) is 0 Å². The Morgan fingerprint density at radius 2 is 1.79 bits per heavy atom. The van der Waals surface area contributed by atoms with Crippen molar-refractivity contribution >= 4 is 0 Å². The SMILES string of the molecule is COc1ccc(C2(CN)CC3(CCOCC3)C2)cc1. The van der Waals surface area contributed by atoms with E-state index in [1.165, 1.54) is 31.2 Å². The lowest BCUT2D eigenvalue weighted by Crippen LogP contribution is -2.55. The summed E-state index contributed by atoms with van der Waals surface area (Å²) in [7, 11) is 1.70. The van der Waals surface area contributed by atoms with E-state index in [2.05, 4.69) is 12.1 Å². The van der Waals surface area contributed by atoms with Crippen LogP contribution in [-0.2, 0) is 10.2 Å². The highest BCUT2D eigenvalue weighted by atomic mass is 16.5. The first-order valence-corrected chi connectivity index (χ1v) is 7.14. The monoisotopic (exact) mass is 261 g/mol. The quantitative estimate of drug-likeness (QED) is 0.909. The van der Waals surface area contributed by atoms with Crippen LogP contribution in [0.3, 0.4) is 0 Å². The number of ether oxygens (including phenoxy) is 2. The van der Waals surface area contributed by atoms with Crippen molar-refractivity contribution in [2.45, 2.75) is 31.1 Å². The fraction of sp³-hybridized carbons (Fsp3) is 0.625. The van der Waals surface area contributed by atoms with Gasteiger partial charge < -0.3 is 15.2 Å². The molecular weight excluding hydrogens is 238 g/mol. The first-order valence-electron chi connectivity index (χ1n) is 7.14. The minimum atomic E-state index is 0.184. The first kappa shape index (κ1) is 12.9. The molecule has 19 heavy (non-hydrogen) atoms. The molecule has 1 aromatic rings. The molecule has 1 heterocycles.